The molecule has 0 N–H and O–H groups in total. The Morgan fingerprint density at radius 3 is 1.73 bits per heavy atom. The van der Waals surface area contributed by atoms with E-state index in [-0.39, 0.29) is 6.42 Å². The van der Waals surface area contributed by atoms with Crippen molar-refractivity contribution in [3.63, 3.8) is 0 Å². The molecule has 0 aromatic rings. The Kier molecular flexibility index (Phi) is 5.24. The van der Waals surface area contributed by atoms with Gasteiger partial charge in [-0.1, -0.05) is 34.8 Å². The maximum absolute atomic E-state index is 5.79. The van der Waals surface area contributed by atoms with Crippen LogP contribution in [0.25, 0.3) is 0 Å². The summed E-state index contributed by atoms with van der Waals surface area (Å²) in [6, 6.07) is 0. The first kappa shape index (κ1) is 13.0. The highest BCUT2D eigenvalue weighted by atomic mass is 35.7. The number of hydrogen-bond acceptors (Lipinski definition) is 0. The third-order valence-corrected chi connectivity index (χ3v) is 6.44. The number of hydrogen-bond donors (Lipinski definition) is 0. The predicted octanol–water partition coefficient (Wildman–Crippen LogP) is 4.44. The van der Waals surface area contributed by atoms with Gasteiger partial charge in [0.2, 0.25) is 0 Å². The molecule has 0 saturated carbocycles. The van der Waals surface area contributed by atoms with Crippen molar-refractivity contribution < 1.29 is 0 Å². The molecule has 0 saturated heterocycles. The summed E-state index contributed by atoms with van der Waals surface area (Å²) in [5.74, 6) is 0. The highest BCUT2D eigenvalue weighted by Crippen LogP contribution is 2.37. The van der Waals surface area contributed by atoms with Crippen LogP contribution in [0.1, 0.15) is 6.42 Å². The third-order valence-electron chi connectivity index (χ3n) is 0.961. The van der Waals surface area contributed by atoms with E-state index in [0.717, 1.165) is 0 Å². The van der Waals surface area contributed by atoms with Gasteiger partial charge in [0, 0.05) is 6.42 Å². The Morgan fingerprint density at radius 2 is 1.64 bits per heavy atom. The fourth-order valence-corrected chi connectivity index (χ4v) is 2.83. The molecule has 0 bridgehead atoms. The normalized spacial score (nSPS) is 16.6. The highest BCUT2D eigenvalue weighted by Gasteiger charge is 2.37. The van der Waals surface area contributed by atoms with Crippen molar-refractivity contribution in [2.45, 2.75) is 21.8 Å². The van der Waals surface area contributed by atoms with E-state index in [1.165, 1.54) is 0 Å². The molecule has 0 rings (SSSR count). The summed E-state index contributed by atoms with van der Waals surface area (Å²) in [7, 11) is 0. The molecule has 1 unspecified atom stereocenters. The Hall–Kier alpha value is 1.96. The van der Waals surface area contributed by atoms with Gasteiger partial charge in [-0.15, -0.1) is 33.8 Å². The topological polar surface area (TPSA) is 0 Å². The lowest BCUT2D eigenvalue weighted by molar-refractivity contribution is 0.925. The smallest absolute Gasteiger partial charge is 0.145 e. The second-order valence-electron chi connectivity index (χ2n) is 2.24. The number of alkyl halides is 4. The number of halogens is 6. The molecular weight excluding hydrogens is 289 g/mol. The van der Waals surface area contributed by atoms with E-state index < -0.39 is 15.5 Å². The van der Waals surface area contributed by atoms with E-state index in [0.29, 0.717) is 0 Å². The molecule has 0 radical (unpaired) electrons. The Morgan fingerprint density at radius 1 is 1.27 bits per heavy atom. The van der Waals surface area contributed by atoms with Gasteiger partial charge in [0.1, 0.15) is 0 Å². The first-order chi connectivity index (χ1) is 4.63. The fraction of sp³-hybridized carbons (Fsp3) is 1.00. The van der Waals surface area contributed by atoms with Gasteiger partial charge in [-0.05, 0) is 6.55 Å². The lowest BCUT2D eigenvalue weighted by atomic mass is 10.5. The minimum atomic E-state index is -2.41. The first-order valence-electron chi connectivity index (χ1n) is 2.71. The zero-order valence-electron chi connectivity index (χ0n) is 5.55. The summed E-state index contributed by atoms with van der Waals surface area (Å²) in [6.45, 7) is -0.729. The summed E-state index contributed by atoms with van der Waals surface area (Å²) in [5, 5.41) is -0.446. The minimum Gasteiger partial charge on any atom is -0.145 e. The molecule has 0 nitrogen and oxygen atoms in total. The van der Waals surface area contributed by atoms with Gasteiger partial charge in [0.25, 0.3) is 6.69 Å². The van der Waals surface area contributed by atoms with Crippen LogP contribution < -0.4 is 0 Å². The molecule has 0 spiro atoms. The van der Waals surface area contributed by atoms with Gasteiger partial charge in [-0.3, -0.25) is 0 Å². The lowest BCUT2D eigenvalue weighted by Crippen LogP contribution is -2.32. The van der Waals surface area contributed by atoms with E-state index in [2.05, 4.69) is 0 Å². The summed E-state index contributed by atoms with van der Waals surface area (Å²) in [4.78, 5) is 0. The quantitative estimate of drug-likeness (QED) is 0.401. The molecule has 7 heteroatoms. The maximum Gasteiger partial charge on any atom is 0.265 e. The average molecular weight is 295 g/mol. The van der Waals surface area contributed by atoms with Crippen LogP contribution in [-0.2, 0) is 0 Å². The van der Waals surface area contributed by atoms with Crippen LogP contribution in [-0.4, -0.2) is 15.5 Å². The Balaban J connectivity index is 3.99. The first-order valence-corrected chi connectivity index (χ1v) is 8.89. The van der Waals surface area contributed by atoms with Crippen LogP contribution in [0.4, 0.5) is 0 Å². The lowest BCUT2D eigenvalue weighted by Gasteiger charge is -2.21. The van der Waals surface area contributed by atoms with E-state index in [9.17, 15) is 0 Å². The average Bonchev–Trinajstić information content (AvgIpc) is 1.56. The van der Waals surface area contributed by atoms with Crippen molar-refractivity contribution in [2.75, 3.05) is 0 Å². The van der Waals surface area contributed by atoms with E-state index in [1.54, 1.807) is 6.55 Å². The monoisotopic (exact) mass is 292 g/mol. The fourth-order valence-electron chi connectivity index (χ4n) is 0.382. The molecule has 0 amide bonds. The molecular formula is C4H6Cl6Si. The molecule has 0 aliphatic carbocycles. The van der Waals surface area contributed by atoms with Crippen LogP contribution in [0.3, 0.4) is 0 Å². The summed E-state index contributed by atoms with van der Waals surface area (Å²) >= 11 is 33.8. The zero-order valence-corrected chi connectivity index (χ0v) is 11.1. The standard InChI is InChI=1S/C4H6Cl6Si/c1-11(9,10)3(5)2-4(6,7)8/h3H,2H2,1H3. The summed E-state index contributed by atoms with van der Waals surface area (Å²) < 4.78 is -1.37. The molecule has 0 heterocycles. The zero-order chi connectivity index (χ0) is 9.28. The molecule has 0 aromatic heterocycles. The molecule has 0 fully saturated rings. The number of rotatable bonds is 2. The van der Waals surface area contributed by atoms with Crippen molar-refractivity contribution >= 4 is 75.3 Å². The van der Waals surface area contributed by atoms with E-state index in [1.807, 2.05) is 0 Å². The molecule has 0 aromatic carbocycles. The largest absolute Gasteiger partial charge is 0.265 e. The van der Waals surface area contributed by atoms with E-state index >= 15 is 0 Å². The van der Waals surface area contributed by atoms with Gasteiger partial charge < -0.3 is 0 Å². The van der Waals surface area contributed by atoms with Gasteiger partial charge in [0.05, 0.1) is 5.00 Å². The maximum atomic E-state index is 5.79. The van der Waals surface area contributed by atoms with Crippen LogP contribution in [0, 0.1) is 0 Å². The van der Waals surface area contributed by atoms with Crippen molar-refractivity contribution in [1.29, 1.82) is 0 Å². The van der Waals surface area contributed by atoms with Crippen LogP contribution in [0.2, 0.25) is 6.55 Å². The van der Waals surface area contributed by atoms with Gasteiger partial charge in [0.15, 0.2) is 3.79 Å². The van der Waals surface area contributed by atoms with Crippen molar-refractivity contribution in [2.24, 2.45) is 0 Å². The SMILES string of the molecule is C[Si](Cl)(Cl)C(Cl)CC(Cl)(Cl)Cl. The Bertz CT molecular complexity index is 124. The molecule has 1 atom stereocenters. The Labute approximate surface area is 96.4 Å². The summed E-state index contributed by atoms with van der Waals surface area (Å²) in [5.41, 5.74) is 0. The van der Waals surface area contributed by atoms with Crippen LogP contribution in [0.5, 0.6) is 0 Å². The highest BCUT2D eigenvalue weighted by molar-refractivity contribution is 7.46. The molecule has 0 aliphatic heterocycles. The van der Waals surface area contributed by atoms with Crippen molar-refractivity contribution in [1.82, 2.24) is 0 Å². The summed E-state index contributed by atoms with van der Waals surface area (Å²) in [6.07, 6.45) is 0.176. The third kappa shape index (κ3) is 7.06. The van der Waals surface area contributed by atoms with Crippen LogP contribution in [0.15, 0.2) is 0 Å². The van der Waals surface area contributed by atoms with Gasteiger partial charge in [-0.2, -0.15) is 0 Å². The minimum absolute atomic E-state index is 0.176. The van der Waals surface area contributed by atoms with E-state index in [4.69, 9.17) is 68.6 Å². The van der Waals surface area contributed by atoms with Crippen molar-refractivity contribution in [3.8, 4) is 0 Å². The molecule has 68 valence electrons. The van der Waals surface area contributed by atoms with Crippen LogP contribution >= 0.6 is 68.6 Å². The second kappa shape index (κ2) is 4.45. The molecule has 11 heavy (non-hydrogen) atoms. The molecule has 0 aliphatic rings. The van der Waals surface area contributed by atoms with Gasteiger partial charge in [-0.25, -0.2) is 0 Å². The predicted molar refractivity (Wildman–Crippen MR) is 57.9 cm³/mol. The van der Waals surface area contributed by atoms with Crippen molar-refractivity contribution in [3.05, 3.63) is 0 Å². The second-order valence-corrected chi connectivity index (χ2v) is 13.6. The van der Waals surface area contributed by atoms with Gasteiger partial charge >= 0.3 is 0 Å².